The first-order valence-corrected chi connectivity index (χ1v) is 10.6. The van der Waals surface area contributed by atoms with Crippen LogP contribution in [0.25, 0.3) is 0 Å². The molecule has 36 heavy (non-hydrogen) atoms. The Kier molecular flexibility index (Phi) is 8.38. The Bertz CT molecular complexity index is 1340. The molecule has 2 aromatic carbocycles. The van der Waals surface area contributed by atoms with E-state index in [2.05, 4.69) is 31.4 Å². The molecular weight excluding hydrogens is 466 g/mol. The van der Waals surface area contributed by atoms with Gasteiger partial charge in [-0.2, -0.15) is 10.2 Å². The average Bonchev–Trinajstić information content (AvgIpc) is 2.88. The number of pyridine rings is 1. The minimum absolute atomic E-state index is 0.0343. The fourth-order valence-corrected chi connectivity index (χ4v) is 2.98. The summed E-state index contributed by atoms with van der Waals surface area (Å²) in [7, 11) is 1.46. The van der Waals surface area contributed by atoms with Gasteiger partial charge in [0.1, 0.15) is 11.4 Å². The third-order valence-electron chi connectivity index (χ3n) is 4.82. The molecule has 0 aliphatic rings. The third-order valence-corrected chi connectivity index (χ3v) is 4.82. The molecule has 0 unspecified atom stereocenters. The van der Waals surface area contributed by atoms with Crippen LogP contribution in [0.15, 0.2) is 77.2 Å². The van der Waals surface area contributed by atoms with E-state index in [1.807, 2.05) is 0 Å². The van der Waals surface area contributed by atoms with E-state index >= 15 is 0 Å². The van der Waals surface area contributed by atoms with Crippen LogP contribution >= 0.6 is 0 Å². The van der Waals surface area contributed by atoms with E-state index in [1.54, 1.807) is 37.3 Å². The second-order valence-corrected chi connectivity index (χ2v) is 7.38. The Morgan fingerprint density at radius 1 is 1.03 bits per heavy atom. The molecule has 0 saturated heterocycles. The van der Waals surface area contributed by atoms with Gasteiger partial charge in [0.15, 0.2) is 5.71 Å². The standard InChI is InChI=1S/C24H23N7O5/c1-15-8-9-18(20(14-15)31(34)35)28-29-22(24(33)26-19-6-4-5-7-21(19)36-3)16(2)27-30-23(32)17-10-12-25-13-11-17/h4-14,28H,1-3H3,(H,26,33)(H,30,32)/b27-16-,29-22+. The molecule has 0 fully saturated rings. The van der Waals surface area contributed by atoms with Crippen LogP contribution in [0.2, 0.25) is 0 Å². The first kappa shape index (κ1) is 25.5. The van der Waals surface area contributed by atoms with Crippen LogP contribution in [-0.4, -0.2) is 40.3 Å². The average molecular weight is 489 g/mol. The van der Waals surface area contributed by atoms with Crippen molar-refractivity contribution in [2.75, 3.05) is 17.9 Å². The number of para-hydroxylation sites is 2. The smallest absolute Gasteiger partial charge is 0.294 e. The number of nitrogens with one attached hydrogen (secondary N) is 3. The summed E-state index contributed by atoms with van der Waals surface area (Å²) in [5.74, 6) is -0.808. The Hall–Kier alpha value is -5.13. The van der Waals surface area contributed by atoms with Gasteiger partial charge in [-0.25, -0.2) is 5.43 Å². The fraction of sp³-hybridized carbons (Fsp3) is 0.125. The number of nitro groups is 1. The number of carbonyl (C=O) groups excluding carboxylic acids is 2. The number of amides is 2. The highest BCUT2D eigenvalue weighted by molar-refractivity contribution is 6.68. The molecular formula is C24H23N7O5. The maximum atomic E-state index is 13.2. The topological polar surface area (TPSA) is 160 Å². The number of nitro benzene ring substituents is 1. The normalized spacial score (nSPS) is 11.4. The van der Waals surface area contributed by atoms with E-state index in [1.165, 1.54) is 50.7 Å². The molecule has 0 aliphatic heterocycles. The maximum Gasteiger partial charge on any atom is 0.294 e. The number of methoxy groups -OCH3 is 1. The number of aromatic nitrogens is 1. The summed E-state index contributed by atoms with van der Waals surface area (Å²) in [4.78, 5) is 40.3. The number of hydrogen-bond acceptors (Lipinski definition) is 9. The van der Waals surface area contributed by atoms with E-state index in [4.69, 9.17) is 4.74 Å². The van der Waals surface area contributed by atoms with Gasteiger partial charge in [-0.1, -0.05) is 18.2 Å². The van der Waals surface area contributed by atoms with Gasteiger partial charge in [0.2, 0.25) is 0 Å². The Morgan fingerprint density at radius 2 is 1.75 bits per heavy atom. The van der Waals surface area contributed by atoms with Crippen molar-refractivity contribution < 1.29 is 19.2 Å². The minimum Gasteiger partial charge on any atom is -0.495 e. The van der Waals surface area contributed by atoms with Gasteiger partial charge < -0.3 is 10.1 Å². The SMILES string of the molecule is COc1ccccc1NC(=O)C(=N/Nc1ccc(C)cc1[N+](=O)[O-])/C(C)=N\NC(=O)c1ccncc1. The molecule has 1 heterocycles. The first-order valence-electron chi connectivity index (χ1n) is 10.6. The number of hydrogen-bond donors (Lipinski definition) is 3. The molecule has 2 amide bonds. The van der Waals surface area contributed by atoms with E-state index in [0.717, 1.165) is 0 Å². The molecule has 12 heteroatoms. The van der Waals surface area contributed by atoms with E-state index in [-0.39, 0.29) is 22.8 Å². The molecule has 0 saturated carbocycles. The van der Waals surface area contributed by atoms with Gasteiger partial charge >= 0.3 is 0 Å². The van der Waals surface area contributed by atoms with Crippen molar-refractivity contribution in [3.8, 4) is 5.75 Å². The Labute approximate surface area is 206 Å². The highest BCUT2D eigenvalue weighted by atomic mass is 16.6. The number of anilines is 2. The quantitative estimate of drug-likeness (QED) is 0.235. The third kappa shape index (κ3) is 6.47. The van der Waals surface area contributed by atoms with E-state index < -0.39 is 16.7 Å². The first-order chi connectivity index (χ1) is 17.3. The molecule has 3 rings (SSSR count). The van der Waals surface area contributed by atoms with Crippen molar-refractivity contribution in [3.63, 3.8) is 0 Å². The predicted molar refractivity (Wildman–Crippen MR) is 135 cm³/mol. The molecule has 3 aromatic rings. The van der Waals surface area contributed by atoms with Crippen LogP contribution in [-0.2, 0) is 4.79 Å². The van der Waals surface area contributed by atoms with Gasteiger partial charge in [-0.15, -0.1) is 0 Å². The zero-order valence-corrected chi connectivity index (χ0v) is 19.7. The molecule has 1 aromatic heterocycles. The summed E-state index contributed by atoms with van der Waals surface area (Å²) in [5, 5.41) is 22.2. The number of hydrazone groups is 2. The summed E-state index contributed by atoms with van der Waals surface area (Å²) in [5.41, 5.74) is 5.94. The summed E-state index contributed by atoms with van der Waals surface area (Å²) in [6.07, 6.45) is 2.91. The highest BCUT2D eigenvalue weighted by Crippen LogP contribution is 2.26. The van der Waals surface area contributed by atoms with Crippen molar-refractivity contribution in [3.05, 3.63) is 88.2 Å². The number of carbonyl (C=O) groups is 2. The van der Waals surface area contributed by atoms with Gasteiger partial charge in [-0.05, 0) is 49.7 Å². The number of benzene rings is 2. The fourth-order valence-electron chi connectivity index (χ4n) is 2.98. The lowest BCUT2D eigenvalue weighted by molar-refractivity contribution is -0.384. The highest BCUT2D eigenvalue weighted by Gasteiger charge is 2.20. The van der Waals surface area contributed by atoms with Crippen molar-refractivity contribution in [2.45, 2.75) is 13.8 Å². The van der Waals surface area contributed by atoms with Gasteiger partial charge in [0.05, 0.1) is 23.4 Å². The zero-order chi connectivity index (χ0) is 26.1. The van der Waals surface area contributed by atoms with Crippen molar-refractivity contribution >= 4 is 40.3 Å². The van der Waals surface area contributed by atoms with E-state index in [0.29, 0.717) is 22.6 Å². The molecule has 0 radical (unpaired) electrons. The van der Waals surface area contributed by atoms with Crippen LogP contribution in [0.5, 0.6) is 5.75 Å². The summed E-state index contributed by atoms with van der Waals surface area (Å²) < 4.78 is 5.26. The Morgan fingerprint density at radius 3 is 2.44 bits per heavy atom. The molecule has 0 atom stereocenters. The Balaban J connectivity index is 1.93. The number of ether oxygens (including phenoxy) is 1. The monoisotopic (exact) mass is 489 g/mol. The van der Waals surface area contributed by atoms with Crippen LogP contribution < -0.4 is 20.9 Å². The molecule has 184 valence electrons. The van der Waals surface area contributed by atoms with E-state index in [9.17, 15) is 19.7 Å². The summed E-state index contributed by atoms with van der Waals surface area (Å²) in [6.45, 7) is 3.17. The largest absolute Gasteiger partial charge is 0.495 e. The van der Waals surface area contributed by atoms with Crippen LogP contribution in [0.4, 0.5) is 17.1 Å². The van der Waals surface area contributed by atoms with Crippen molar-refractivity contribution in [2.24, 2.45) is 10.2 Å². The molecule has 0 spiro atoms. The lowest BCUT2D eigenvalue weighted by atomic mass is 10.2. The lowest BCUT2D eigenvalue weighted by Crippen LogP contribution is -2.32. The molecule has 0 bridgehead atoms. The second-order valence-electron chi connectivity index (χ2n) is 7.38. The molecule has 0 aliphatic carbocycles. The minimum atomic E-state index is -0.693. The molecule has 3 N–H and O–H groups in total. The summed E-state index contributed by atoms with van der Waals surface area (Å²) >= 11 is 0. The molecule has 12 nitrogen and oxygen atoms in total. The lowest BCUT2D eigenvalue weighted by Gasteiger charge is -2.12. The van der Waals surface area contributed by atoms with Crippen LogP contribution in [0, 0.1) is 17.0 Å². The number of rotatable bonds is 9. The second kappa shape index (κ2) is 11.8. The van der Waals surface area contributed by atoms with Crippen LogP contribution in [0.1, 0.15) is 22.8 Å². The van der Waals surface area contributed by atoms with Crippen molar-refractivity contribution in [1.82, 2.24) is 10.4 Å². The van der Waals surface area contributed by atoms with Gasteiger partial charge in [-0.3, -0.25) is 30.1 Å². The summed E-state index contributed by atoms with van der Waals surface area (Å²) in [6, 6.07) is 14.3. The number of nitrogens with zero attached hydrogens (tertiary/aromatic N) is 4. The van der Waals surface area contributed by atoms with Crippen LogP contribution in [0.3, 0.4) is 0 Å². The predicted octanol–water partition coefficient (Wildman–Crippen LogP) is 3.52. The number of aryl methyl sites for hydroxylation is 1. The zero-order valence-electron chi connectivity index (χ0n) is 19.7. The maximum absolute atomic E-state index is 13.2. The van der Waals surface area contributed by atoms with Crippen molar-refractivity contribution in [1.29, 1.82) is 0 Å². The van der Waals surface area contributed by atoms with Gasteiger partial charge in [0, 0.05) is 24.0 Å². The van der Waals surface area contributed by atoms with Gasteiger partial charge in [0.25, 0.3) is 17.5 Å².